The molecule has 0 atom stereocenters. The number of nitriles is 1. The summed E-state index contributed by atoms with van der Waals surface area (Å²) in [5.74, 6) is 0. The van der Waals surface area contributed by atoms with Crippen LogP contribution >= 0.6 is 0 Å². The lowest BCUT2D eigenvalue weighted by atomic mass is 9.99. The van der Waals surface area contributed by atoms with Crippen molar-refractivity contribution in [1.29, 1.82) is 5.26 Å². The molecule has 0 aliphatic rings. The molecule has 0 saturated carbocycles. The Hall–Kier alpha value is -3.38. The molecule has 1 N–H and O–H groups in total. The molecule has 23 heavy (non-hydrogen) atoms. The summed E-state index contributed by atoms with van der Waals surface area (Å²) >= 11 is 0. The molecule has 0 fully saturated rings. The van der Waals surface area contributed by atoms with Crippen LogP contribution in [0.3, 0.4) is 0 Å². The standard InChI is InChI=1S/C20H15N3/c21-14-18-8-4-5-12-20(18)17-9-6-7-16(13-17)15-22-23-19-10-2-1-3-11-19/h1-13,15,23H. The van der Waals surface area contributed by atoms with Gasteiger partial charge >= 0.3 is 0 Å². The second-order valence-corrected chi connectivity index (χ2v) is 5.02. The molecule has 0 saturated heterocycles. The van der Waals surface area contributed by atoms with Crippen molar-refractivity contribution in [3.63, 3.8) is 0 Å². The van der Waals surface area contributed by atoms with E-state index in [-0.39, 0.29) is 0 Å². The highest BCUT2D eigenvalue weighted by Crippen LogP contribution is 2.23. The van der Waals surface area contributed by atoms with E-state index in [9.17, 15) is 5.26 Å². The number of hydrogen-bond acceptors (Lipinski definition) is 3. The van der Waals surface area contributed by atoms with Crippen LogP contribution in [0.25, 0.3) is 11.1 Å². The van der Waals surface area contributed by atoms with E-state index in [1.165, 1.54) is 0 Å². The molecule has 0 bridgehead atoms. The van der Waals surface area contributed by atoms with Gasteiger partial charge in [0, 0.05) is 0 Å². The first-order valence-corrected chi connectivity index (χ1v) is 7.30. The fraction of sp³-hybridized carbons (Fsp3) is 0. The number of para-hydroxylation sites is 1. The van der Waals surface area contributed by atoms with Gasteiger partial charge in [-0.1, -0.05) is 54.6 Å². The second kappa shape index (κ2) is 7.06. The minimum absolute atomic E-state index is 0.670. The van der Waals surface area contributed by atoms with Gasteiger partial charge in [-0.2, -0.15) is 10.4 Å². The summed E-state index contributed by atoms with van der Waals surface area (Å²) in [6.07, 6.45) is 1.77. The van der Waals surface area contributed by atoms with Gasteiger partial charge in [-0.3, -0.25) is 5.43 Å². The van der Waals surface area contributed by atoms with Crippen molar-refractivity contribution in [3.05, 3.63) is 90.0 Å². The molecular formula is C20H15N3. The Morgan fingerprint density at radius 2 is 1.65 bits per heavy atom. The minimum atomic E-state index is 0.670. The molecular weight excluding hydrogens is 282 g/mol. The molecule has 3 nitrogen and oxygen atoms in total. The first kappa shape index (κ1) is 14.6. The lowest BCUT2D eigenvalue weighted by molar-refractivity contribution is 1.35. The third-order valence-electron chi connectivity index (χ3n) is 3.43. The maximum Gasteiger partial charge on any atom is 0.0998 e. The van der Waals surface area contributed by atoms with Crippen molar-refractivity contribution in [2.24, 2.45) is 5.10 Å². The largest absolute Gasteiger partial charge is 0.279 e. The summed E-state index contributed by atoms with van der Waals surface area (Å²) in [7, 11) is 0. The van der Waals surface area contributed by atoms with Crippen LogP contribution < -0.4 is 5.43 Å². The van der Waals surface area contributed by atoms with Gasteiger partial charge in [0.15, 0.2) is 0 Å². The van der Waals surface area contributed by atoms with Crippen molar-refractivity contribution < 1.29 is 0 Å². The number of nitrogens with one attached hydrogen (secondary N) is 1. The van der Waals surface area contributed by atoms with E-state index in [1.54, 1.807) is 6.21 Å². The summed E-state index contributed by atoms with van der Waals surface area (Å²) < 4.78 is 0. The molecule has 0 amide bonds. The van der Waals surface area contributed by atoms with Crippen molar-refractivity contribution in [2.45, 2.75) is 0 Å². The van der Waals surface area contributed by atoms with Gasteiger partial charge < -0.3 is 0 Å². The predicted octanol–water partition coefficient (Wildman–Crippen LogP) is 4.67. The second-order valence-electron chi connectivity index (χ2n) is 5.02. The average Bonchev–Trinajstić information content (AvgIpc) is 2.63. The molecule has 0 aliphatic heterocycles. The van der Waals surface area contributed by atoms with Gasteiger partial charge in [0.2, 0.25) is 0 Å². The van der Waals surface area contributed by atoms with Gasteiger partial charge in [-0.05, 0) is 41.0 Å². The zero-order chi connectivity index (χ0) is 15.9. The summed E-state index contributed by atoms with van der Waals surface area (Å²) in [5, 5.41) is 13.5. The number of hydrogen-bond donors (Lipinski definition) is 1. The lowest BCUT2D eigenvalue weighted by Gasteiger charge is -2.05. The fourth-order valence-electron chi connectivity index (χ4n) is 2.31. The minimum Gasteiger partial charge on any atom is -0.279 e. The molecule has 110 valence electrons. The van der Waals surface area contributed by atoms with Gasteiger partial charge in [0.05, 0.1) is 23.5 Å². The van der Waals surface area contributed by atoms with E-state index in [0.717, 1.165) is 22.4 Å². The van der Waals surface area contributed by atoms with Crippen LogP contribution in [0.5, 0.6) is 0 Å². The highest BCUT2D eigenvalue weighted by atomic mass is 15.3. The highest BCUT2D eigenvalue weighted by Gasteiger charge is 2.03. The van der Waals surface area contributed by atoms with Crippen LogP contribution in [0.15, 0.2) is 84.0 Å². The molecule has 0 spiro atoms. The number of benzene rings is 3. The molecule has 3 rings (SSSR count). The summed E-state index contributed by atoms with van der Waals surface area (Å²) in [5.41, 5.74) is 7.51. The number of anilines is 1. The van der Waals surface area contributed by atoms with Crippen LogP contribution in [-0.4, -0.2) is 6.21 Å². The van der Waals surface area contributed by atoms with E-state index in [4.69, 9.17) is 0 Å². The monoisotopic (exact) mass is 297 g/mol. The molecule has 0 aliphatic carbocycles. The molecule has 3 aromatic rings. The van der Waals surface area contributed by atoms with Gasteiger partial charge in [0.25, 0.3) is 0 Å². The Morgan fingerprint density at radius 3 is 2.48 bits per heavy atom. The first-order valence-electron chi connectivity index (χ1n) is 7.30. The Balaban J connectivity index is 1.82. The third kappa shape index (κ3) is 3.63. The molecule has 0 aromatic heterocycles. The van der Waals surface area contributed by atoms with Crippen molar-refractivity contribution in [3.8, 4) is 17.2 Å². The van der Waals surface area contributed by atoms with E-state index in [1.807, 2.05) is 78.9 Å². The zero-order valence-electron chi connectivity index (χ0n) is 12.5. The molecule has 0 radical (unpaired) electrons. The zero-order valence-corrected chi connectivity index (χ0v) is 12.5. The van der Waals surface area contributed by atoms with Crippen LogP contribution in [0.4, 0.5) is 5.69 Å². The quantitative estimate of drug-likeness (QED) is 0.562. The van der Waals surface area contributed by atoms with Crippen LogP contribution in [-0.2, 0) is 0 Å². The molecule has 0 heterocycles. The number of rotatable bonds is 4. The van der Waals surface area contributed by atoms with E-state index in [2.05, 4.69) is 16.6 Å². The SMILES string of the molecule is N#Cc1ccccc1-c1cccc(C=NNc2ccccc2)c1. The third-order valence-corrected chi connectivity index (χ3v) is 3.43. The van der Waals surface area contributed by atoms with Crippen LogP contribution in [0, 0.1) is 11.3 Å². The van der Waals surface area contributed by atoms with Gasteiger partial charge in [0.1, 0.15) is 0 Å². The van der Waals surface area contributed by atoms with Crippen molar-refractivity contribution >= 4 is 11.9 Å². The lowest BCUT2D eigenvalue weighted by Crippen LogP contribution is -1.91. The highest BCUT2D eigenvalue weighted by molar-refractivity contribution is 5.83. The Morgan fingerprint density at radius 1 is 0.870 bits per heavy atom. The molecule has 0 unspecified atom stereocenters. The van der Waals surface area contributed by atoms with Crippen molar-refractivity contribution in [1.82, 2.24) is 0 Å². The van der Waals surface area contributed by atoms with Gasteiger partial charge in [-0.25, -0.2) is 0 Å². The van der Waals surface area contributed by atoms with E-state index >= 15 is 0 Å². The van der Waals surface area contributed by atoms with Crippen LogP contribution in [0.1, 0.15) is 11.1 Å². The van der Waals surface area contributed by atoms with E-state index < -0.39 is 0 Å². The Kier molecular flexibility index (Phi) is 4.47. The smallest absolute Gasteiger partial charge is 0.0998 e. The van der Waals surface area contributed by atoms with Gasteiger partial charge in [-0.15, -0.1) is 0 Å². The summed E-state index contributed by atoms with van der Waals surface area (Å²) in [6, 6.07) is 27.6. The summed E-state index contributed by atoms with van der Waals surface area (Å²) in [6.45, 7) is 0. The van der Waals surface area contributed by atoms with E-state index in [0.29, 0.717) is 5.56 Å². The normalized spacial score (nSPS) is 10.4. The van der Waals surface area contributed by atoms with Crippen molar-refractivity contribution in [2.75, 3.05) is 5.43 Å². The fourth-order valence-corrected chi connectivity index (χ4v) is 2.31. The average molecular weight is 297 g/mol. The maximum absolute atomic E-state index is 9.23. The first-order chi connectivity index (χ1) is 11.4. The Labute approximate surface area is 135 Å². The molecule has 3 heteroatoms. The topological polar surface area (TPSA) is 48.2 Å². The summed E-state index contributed by atoms with van der Waals surface area (Å²) in [4.78, 5) is 0. The predicted molar refractivity (Wildman–Crippen MR) is 94.3 cm³/mol. The molecule has 3 aromatic carbocycles. The van der Waals surface area contributed by atoms with Crippen LogP contribution in [0.2, 0.25) is 0 Å². The maximum atomic E-state index is 9.23. The number of nitrogens with zero attached hydrogens (tertiary/aromatic N) is 2. The number of hydrazone groups is 1. The Bertz CT molecular complexity index is 861.